The summed E-state index contributed by atoms with van der Waals surface area (Å²) in [4.78, 5) is 0. The van der Waals surface area contributed by atoms with Crippen molar-refractivity contribution in [1.82, 2.24) is 9.78 Å². The monoisotopic (exact) mass is 283 g/mol. The standard InChI is InChI=1S/C16H14ClN3/c17-14-7-4-8-15(9-14)20-16(13(10-18)11-19-20)12-5-2-1-3-6-12/h1-9,11H,10,18H2. The van der Waals surface area contributed by atoms with Crippen LogP contribution in [-0.2, 0) is 6.54 Å². The summed E-state index contributed by atoms with van der Waals surface area (Å²) >= 11 is 6.07. The Balaban J connectivity index is 2.20. The van der Waals surface area contributed by atoms with Crippen LogP contribution in [0.4, 0.5) is 0 Å². The van der Waals surface area contributed by atoms with Gasteiger partial charge in [-0.2, -0.15) is 5.10 Å². The zero-order chi connectivity index (χ0) is 13.9. The van der Waals surface area contributed by atoms with E-state index in [1.165, 1.54) is 0 Å². The quantitative estimate of drug-likeness (QED) is 0.797. The third-order valence-corrected chi connectivity index (χ3v) is 3.40. The molecular weight excluding hydrogens is 270 g/mol. The van der Waals surface area contributed by atoms with Crippen molar-refractivity contribution in [3.63, 3.8) is 0 Å². The average molecular weight is 284 g/mol. The molecule has 0 aliphatic heterocycles. The number of aromatic nitrogens is 2. The lowest BCUT2D eigenvalue weighted by Gasteiger charge is -2.10. The minimum Gasteiger partial charge on any atom is -0.326 e. The molecule has 0 aliphatic carbocycles. The van der Waals surface area contributed by atoms with E-state index in [4.69, 9.17) is 17.3 Å². The minimum atomic E-state index is 0.449. The van der Waals surface area contributed by atoms with Gasteiger partial charge >= 0.3 is 0 Å². The Hall–Kier alpha value is -2.10. The Morgan fingerprint density at radius 3 is 2.55 bits per heavy atom. The van der Waals surface area contributed by atoms with E-state index < -0.39 is 0 Å². The van der Waals surface area contributed by atoms with Crippen molar-refractivity contribution in [2.45, 2.75) is 6.54 Å². The Bertz CT molecular complexity index is 720. The number of nitrogens with two attached hydrogens (primary N) is 1. The topological polar surface area (TPSA) is 43.8 Å². The van der Waals surface area contributed by atoms with Crippen LogP contribution in [0.5, 0.6) is 0 Å². The molecule has 0 aliphatic rings. The van der Waals surface area contributed by atoms with Crippen LogP contribution in [0.2, 0.25) is 5.02 Å². The van der Waals surface area contributed by atoms with Crippen LogP contribution in [-0.4, -0.2) is 9.78 Å². The smallest absolute Gasteiger partial charge is 0.0785 e. The predicted octanol–water partition coefficient (Wildman–Crippen LogP) is 3.65. The predicted molar refractivity (Wildman–Crippen MR) is 81.9 cm³/mol. The van der Waals surface area contributed by atoms with Crippen LogP contribution >= 0.6 is 11.6 Å². The highest BCUT2D eigenvalue weighted by atomic mass is 35.5. The third-order valence-electron chi connectivity index (χ3n) is 3.16. The lowest BCUT2D eigenvalue weighted by atomic mass is 10.1. The van der Waals surface area contributed by atoms with Gasteiger partial charge in [0.25, 0.3) is 0 Å². The van der Waals surface area contributed by atoms with Gasteiger partial charge in [0.05, 0.1) is 17.6 Å². The van der Waals surface area contributed by atoms with E-state index in [1.54, 1.807) is 0 Å². The summed E-state index contributed by atoms with van der Waals surface area (Å²) in [6, 6.07) is 17.7. The van der Waals surface area contributed by atoms with Gasteiger partial charge in [-0.25, -0.2) is 4.68 Å². The lowest BCUT2D eigenvalue weighted by molar-refractivity contribution is 0.887. The Morgan fingerprint density at radius 2 is 1.85 bits per heavy atom. The van der Waals surface area contributed by atoms with E-state index in [1.807, 2.05) is 53.3 Å². The number of nitrogens with zero attached hydrogens (tertiary/aromatic N) is 2. The molecule has 0 radical (unpaired) electrons. The van der Waals surface area contributed by atoms with Crippen molar-refractivity contribution in [1.29, 1.82) is 0 Å². The SMILES string of the molecule is NCc1cnn(-c2cccc(Cl)c2)c1-c1ccccc1. The van der Waals surface area contributed by atoms with Gasteiger partial charge in [-0.15, -0.1) is 0 Å². The normalized spacial score (nSPS) is 10.7. The summed E-state index contributed by atoms with van der Waals surface area (Å²) in [7, 11) is 0. The van der Waals surface area contributed by atoms with Crippen molar-refractivity contribution < 1.29 is 0 Å². The first-order valence-corrected chi connectivity index (χ1v) is 6.75. The molecule has 1 heterocycles. The highest BCUT2D eigenvalue weighted by Crippen LogP contribution is 2.27. The molecule has 1 aromatic heterocycles. The number of rotatable bonds is 3. The summed E-state index contributed by atoms with van der Waals surface area (Å²) < 4.78 is 1.88. The van der Waals surface area contributed by atoms with Gasteiger partial charge < -0.3 is 5.73 Å². The Kier molecular flexibility index (Phi) is 3.54. The third kappa shape index (κ3) is 2.33. The molecule has 3 rings (SSSR count). The van der Waals surface area contributed by atoms with Crippen LogP contribution in [0, 0.1) is 0 Å². The molecule has 2 N–H and O–H groups in total. The van der Waals surface area contributed by atoms with Crippen LogP contribution in [0.1, 0.15) is 5.56 Å². The molecule has 0 spiro atoms. The van der Waals surface area contributed by atoms with E-state index in [2.05, 4.69) is 17.2 Å². The van der Waals surface area contributed by atoms with Crippen molar-refractivity contribution in [3.8, 4) is 16.9 Å². The second kappa shape index (κ2) is 5.49. The maximum Gasteiger partial charge on any atom is 0.0785 e. The molecular formula is C16H14ClN3. The van der Waals surface area contributed by atoms with Crippen molar-refractivity contribution in [2.75, 3.05) is 0 Å². The Morgan fingerprint density at radius 1 is 1.05 bits per heavy atom. The fourth-order valence-corrected chi connectivity index (χ4v) is 2.42. The molecule has 0 amide bonds. The molecule has 0 bridgehead atoms. The molecule has 4 heteroatoms. The molecule has 20 heavy (non-hydrogen) atoms. The van der Waals surface area contributed by atoms with E-state index in [9.17, 15) is 0 Å². The van der Waals surface area contributed by atoms with Crippen molar-refractivity contribution in [2.24, 2.45) is 5.73 Å². The van der Waals surface area contributed by atoms with Gasteiger partial charge in [-0.3, -0.25) is 0 Å². The fourth-order valence-electron chi connectivity index (χ4n) is 2.24. The minimum absolute atomic E-state index is 0.449. The molecule has 0 unspecified atom stereocenters. The number of hydrogen-bond donors (Lipinski definition) is 1. The summed E-state index contributed by atoms with van der Waals surface area (Å²) in [5, 5.41) is 5.14. The van der Waals surface area contributed by atoms with Crippen LogP contribution in [0.3, 0.4) is 0 Å². The van der Waals surface area contributed by atoms with Crippen molar-refractivity contribution in [3.05, 3.63) is 71.4 Å². The number of halogens is 1. The van der Waals surface area contributed by atoms with Gasteiger partial charge in [0.15, 0.2) is 0 Å². The van der Waals surface area contributed by atoms with Crippen LogP contribution in [0.25, 0.3) is 16.9 Å². The van der Waals surface area contributed by atoms with Crippen LogP contribution in [0.15, 0.2) is 60.8 Å². The first-order valence-electron chi connectivity index (χ1n) is 6.38. The fraction of sp³-hybridized carbons (Fsp3) is 0.0625. The second-order valence-electron chi connectivity index (χ2n) is 4.48. The maximum atomic E-state index is 6.07. The first kappa shape index (κ1) is 12.9. The first-order chi connectivity index (χ1) is 9.79. The molecule has 0 saturated heterocycles. The zero-order valence-corrected chi connectivity index (χ0v) is 11.6. The van der Waals surface area contributed by atoms with E-state index in [0.717, 1.165) is 22.5 Å². The maximum absolute atomic E-state index is 6.07. The molecule has 0 atom stereocenters. The van der Waals surface area contributed by atoms with Gasteiger partial charge in [-0.1, -0.05) is 48.0 Å². The van der Waals surface area contributed by atoms with Crippen molar-refractivity contribution >= 4 is 11.6 Å². The van der Waals surface area contributed by atoms with Gasteiger partial charge in [0.2, 0.25) is 0 Å². The van der Waals surface area contributed by atoms with Gasteiger partial charge in [0.1, 0.15) is 0 Å². The molecule has 0 fully saturated rings. The van der Waals surface area contributed by atoms with E-state index >= 15 is 0 Å². The summed E-state index contributed by atoms with van der Waals surface area (Å²) in [5.74, 6) is 0. The van der Waals surface area contributed by atoms with Crippen LogP contribution < -0.4 is 5.73 Å². The van der Waals surface area contributed by atoms with E-state index in [0.29, 0.717) is 11.6 Å². The molecule has 2 aromatic carbocycles. The molecule has 3 aromatic rings. The van der Waals surface area contributed by atoms with Gasteiger partial charge in [0, 0.05) is 22.7 Å². The highest BCUT2D eigenvalue weighted by molar-refractivity contribution is 6.30. The molecule has 3 nitrogen and oxygen atoms in total. The average Bonchev–Trinajstić information content (AvgIpc) is 2.92. The molecule has 0 saturated carbocycles. The lowest BCUT2D eigenvalue weighted by Crippen LogP contribution is -2.02. The summed E-state index contributed by atoms with van der Waals surface area (Å²) in [5.41, 5.74) is 9.87. The summed E-state index contributed by atoms with van der Waals surface area (Å²) in [6.07, 6.45) is 1.81. The van der Waals surface area contributed by atoms with Gasteiger partial charge in [-0.05, 0) is 18.2 Å². The number of hydrogen-bond acceptors (Lipinski definition) is 2. The highest BCUT2D eigenvalue weighted by Gasteiger charge is 2.13. The van der Waals surface area contributed by atoms with E-state index in [-0.39, 0.29) is 0 Å². The summed E-state index contributed by atoms with van der Waals surface area (Å²) in [6.45, 7) is 0.449. The zero-order valence-electron chi connectivity index (χ0n) is 10.8. The second-order valence-corrected chi connectivity index (χ2v) is 4.92. The Labute approximate surface area is 122 Å². The largest absolute Gasteiger partial charge is 0.326 e. The number of benzene rings is 2. The molecule has 100 valence electrons.